The first-order valence-corrected chi connectivity index (χ1v) is 8.53. The van der Waals surface area contributed by atoms with Gasteiger partial charge in [0.15, 0.2) is 0 Å². The van der Waals surface area contributed by atoms with Crippen molar-refractivity contribution < 1.29 is 0 Å². The largest absolute Gasteiger partial charge is 0.330 e. The van der Waals surface area contributed by atoms with Gasteiger partial charge in [0.2, 0.25) is 0 Å². The van der Waals surface area contributed by atoms with Gasteiger partial charge in [-0.2, -0.15) is 5.10 Å². The van der Waals surface area contributed by atoms with E-state index in [0.717, 1.165) is 31.1 Å². The van der Waals surface area contributed by atoms with Crippen molar-refractivity contribution in [2.24, 2.45) is 22.5 Å². The molecule has 0 atom stereocenters. The lowest BCUT2D eigenvalue weighted by molar-refractivity contribution is 0.0911. The van der Waals surface area contributed by atoms with Crippen molar-refractivity contribution in [3.8, 4) is 0 Å². The van der Waals surface area contributed by atoms with Gasteiger partial charge < -0.3 is 5.73 Å². The number of nitrogens with zero attached hydrogens (tertiary/aromatic N) is 2. The summed E-state index contributed by atoms with van der Waals surface area (Å²) in [6, 6.07) is 2.25. The van der Waals surface area contributed by atoms with Crippen LogP contribution in [0.3, 0.4) is 0 Å². The summed E-state index contributed by atoms with van der Waals surface area (Å²) in [5, 5.41) is 4.59. The van der Waals surface area contributed by atoms with Gasteiger partial charge in [0, 0.05) is 12.2 Å². The molecule has 1 fully saturated rings. The van der Waals surface area contributed by atoms with Crippen LogP contribution in [0.25, 0.3) is 0 Å². The molecule has 0 spiro atoms. The van der Waals surface area contributed by atoms with Gasteiger partial charge in [0.1, 0.15) is 0 Å². The third-order valence-corrected chi connectivity index (χ3v) is 5.55. The van der Waals surface area contributed by atoms with Crippen LogP contribution in [0, 0.1) is 23.7 Å². The molecule has 0 amide bonds. The van der Waals surface area contributed by atoms with E-state index in [1.807, 2.05) is 0 Å². The Bertz CT molecular complexity index is 459. The zero-order valence-electron chi connectivity index (χ0n) is 14.6. The van der Waals surface area contributed by atoms with E-state index < -0.39 is 0 Å². The SMILES string of the molecule is CCn1nc(C)cc1CC1(CN)CCC(C(C)(C)C)CC1. The van der Waals surface area contributed by atoms with E-state index in [4.69, 9.17) is 5.73 Å². The molecule has 21 heavy (non-hydrogen) atoms. The number of hydrogen-bond acceptors (Lipinski definition) is 2. The van der Waals surface area contributed by atoms with Crippen LogP contribution in [0.1, 0.15) is 64.8 Å². The van der Waals surface area contributed by atoms with E-state index in [2.05, 4.69) is 50.5 Å². The minimum Gasteiger partial charge on any atom is -0.330 e. The van der Waals surface area contributed by atoms with Gasteiger partial charge in [0.25, 0.3) is 0 Å². The van der Waals surface area contributed by atoms with Gasteiger partial charge in [-0.05, 0) is 75.3 Å². The summed E-state index contributed by atoms with van der Waals surface area (Å²) in [5.74, 6) is 0.843. The molecule has 2 N–H and O–H groups in total. The van der Waals surface area contributed by atoms with E-state index in [0.29, 0.717) is 10.8 Å². The summed E-state index contributed by atoms with van der Waals surface area (Å²) >= 11 is 0. The Morgan fingerprint density at radius 2 is 1.95 bits per heavy atom. The highest BCUT2D eigenvalue weighted by Crippen LogP contribution is 2.46. The van der Waals surface area contributed by atoms with Gasteiger partial charge >= 0.3 is 0 Å². The van der Waals surface area contributed by atoms with Crippen LogP contribution in [0.2, 0.25) is 0 Å². The fourth-order valence-corrected chi connectivity index (χ4v) is 3.95. The topological polar surface area (TPSA) is 43.8 Å². The predicted octanol–water partition coefficient (Wildman–Crippen LogP) is 3.94. The molecule has 1 aromatic rings. The molecule has 0 unspecified atom stereocenters. The fraction of sp³-hybridized carbons (Fsp3) is 0.833. The molecule has 3 nitrogen and oxygen atoms in total. The summed E-state index contributed by atoms with van der Waals surface area (Å²) in [7, 11) is 0. The van der Waals surface area contributed by atoms with E-state index in [-0.39, 0.29) is 0 Å². The lowest BCUT2D eigenvalue weighted by Crippen LogP contribution is -2.39. The molecule has 1 aliphatic rings. The molecule has 1 aliphatic carbocycles. The zero-order valence-corrected chi connectivity index (χ0v) is 14.6. The molecular weight excluding hydrogens is 258 g/mol. The van der Waals surface area contributed by atoms with E-state index in [9.17, 15) is 0 Å². The third kappa shape index (κ3) is 3.68. The Labute approximate surface area is 130 Å². The van der Waals surface area contributed by atoms with Gasteiger partial charge in [-0.3, -0.25) is 4.68 Å². The third-order valence-electron chi connectivity index (χ3n) is 5.55. The van der Waals surface area contributed by atoms with Gasteiger partial charge in [-0.25, -0.2) is 0 Å². The summed E-state index contributed by atoms with van der Waals surface area (Å²) in [6.45, 7) is 13.1. The first-order chi connectivity index (χ1) is 9.79. The maximum atomic E-state index is 6.21. The Kier molecular flexibility index (Phi) is 4.82. The molecule has 0 saturated heterocycles. The highest BCUT2D eigenvalue weighted by molar-refractivity contribution is 5.12. The van der Waals surface area contributed by atoms with Crippen LogP contribution in [-0.4, -0.2) is 16.3 Å². The first-order valence-electron chi connectivity index (χ1n) is 8.53. The molecular formula is C18H33N3. The van der Waals surface area contributed by atoms with E-state index in [1.54, 1.807) is 0 Å². The zero-order chi connectivity index (χ0) is 15.7. The average molecular weight is 291 g/mol. The summed E-state index contributed by atoms with van der Waals surface area (Å²) in [4.78, 5) is 0. The average Bonchev–Trinajstić information content (AvgIpc) is 2.78. The second-order valence-corrected chi connectivity index (χ2v) is 8.11. The molecule has 3 heteroatoms. The van der Waals surface area contributed by atoms with Crippen LogP contribution < -0.4 is 5.73 Å². The molecule has 0 bridgehead atoms. The van der Waals surface area contributed by atoms with Crippen molar-refractivity contribution in [3.05, 3.63) is 17.5 Å². The standard InChI is InChI=1S/C18H33N3/c1-6-21-16(11-14(2)20-21)12-18(13-19)9-7-15(8-10-18)17(3,4)5/h11,15H,6-10,12-13,19H2,1-5H3. The summed E-state index contributed by atoms with van der Waals surface area (Å²) < 4.78 is 2.16. The maximum absolute atomic E-state index is 6.21. The van der Waals surface area contributed by atoms with Crippen molar-refractivity contribution in [2.75, 3.05) is 6.54 Å². The van der Waals surface area contributed by atoms with Crippen LogP contribution >= 0.6 is 0 Å². The number of aromatic nitrogens is 2. The number of rotatable bonds is 4. The lowest BCUT2D eigenvalue weighted by atomic mass is 9.62. The van der Waals surface area contributed by atoms with E-state index >= 15 is 0 Å². The number of nitrogens with two attached hydrogens (primary N) is 1. The van der Waals surface area contributed by atoms with Crippen molar-refractivity contribution in [1.82, 2.24) is 9.78 Å². The van der Waals surface area contributed by atoms with E-state index in [1.165, 1.54) is 31.4 Å². The number of aryl methyl sites for hydroxylation is 2. The normalized spacial score (nSPS) is 27.0. The molecule has 2 rings (SSSR count). The maximum Gasteiger partial charge on any atom is 0.0596 e. The van der Waals surface area contributed by atoms with Crippen LogP contribution in [0.4, 0.5) is 0 Å². The van der Waals surface area contributed by atoms with Gasteiger partial charge in [0.05, 0.1) is 5.69 Å². The molecule has 0 aliphatic heterocycles. The minimum atomic E-state index is 0.293. The van der Waals surface area contributed by atoms with Crippen LogP contribution in [0.5, 0.6) is 0 Å². The molecule has 1 aromatic heterocycles. The lowest BCUT2D eigenvalue weighted by Gasteiger charge is -2.43. The molecule has 1 heterocycles. The molecule has 1 saturated carbocycles. The molecule has 120 valence electrons. The van der Waals surface area contributed by atoms with Crippen molar-refractivity contribution in [2.45, 2.75) is 73.3 Å². The second kappa shape index (κ2) is 6.12. The monoisotopic (exact) mass is 291 g/mol. The summed E-state index contributed by atoms with van der Waals surface area (Å²) in [5.41, 5.74) is 9.43. The van der Waals surface area contributed by atoms with Crippen molar-refractivity contribution >= 4 is 0 Å². The van der Waals surface area contributed by atoms with Crippen LogP contribution in [-0.2, 0) is 13.0 Å². The smallest absolute Gasteiger partial charge is 0.0596 e. The predicted molar refractivity (Wildman–Crippen MR) is 89.2 cm³/mol. The quantitative estimate of drug-likeness (QED) is 0.913. The highest BCUT2D eigenvalue weighted by Gasteiger charge is 2.38. The molecule has 0 radical (unpaired) electrons. The van der Waals surface area contributed by atoms with Gasteiger partial charge in [-0.1, -0.05) is 20.8 Å². The van der Waals surface area contributed by atoms with Crippen molar-refractivity contribution in [3.63, 3.8) is 0 Å². The Hall–Kier alpha value is -0.830. The Morgan fingerprint density at radius 3 is 2.43 bits per heavy atom. The minimum absolute atomic E-state index is 0.293. The van der Waals surface area contributed by atoms with Crippen molar-refractivity contribution in [1.29, 1.82) is 0 Å². The Morgan fingerprint density at radius 1 is 1.33 bits per heavy atom. The Balaban J connectivity index is 2.10. The fourth-order valence-electron chi connectivity index (χ4n) is 3.95. The summed E-state index contributed by atoms with van der Waals surface area (Å²) in [6.07, 6.45) is 6.26. The van der Waals surface area contributed by atoms with Crippen LogP contribution in [0.15, 0.2) is 6.07 Å². The molecule has 0 aromatic carbocycles. The number of hydrogen-bond donors (Lipinski definition) is 1. The first kappa shape index (κ1) is 16.5. The second-order valence-electron chi connectivity index (χ2n) is 8.11. The highest BCUT2D eigenvalue weighted by atomic mass is 15.3. The van der Waals surface area contributed by atoms with Gasteiger partial charge in [-0.15, -0.1) is 0 Å².